The number of aromatic nitrogens is 4. The van der Waals surface area contributed by atoms with E-state index in [1.54, 1.807) is 42.5 Å². The van der Waals surface area contributed by atoms with Gasteiger partial charge in [0.05, 0.1) is 11.3 Å². The van der Waals surface area contributed by atoms with Crippen molar-refractivity contribution in [3.63, 3.8) is 0 Å². The van der Waals surface area contributed by atoms with Crippen LogP contribution in [0.3, 0.4) is 0 Å². The summed E-state index contributed by atoms with van der Waals surface area (Å²) in [5.41, 5.74) is 1.98. The molecule has 0 bridgehead atoms. The van der Waals surface area contributed by atoms with E-state index in [2.05, 4.69) is 20.8 Å². The number of ketones is 1. The molecule has 3 aromatic rings. The first-order chi connectivity index (χ1) is 11.5. The lowest BCUT2D eigenvalue weighted by Gasteiger charge is -2.10. The van der Waals surface area contributed by atoms with Gasteiger partial charge in [0.1, 0.15) is 6.33 Å². The van der Waals surface area contributed by atoms with Crippen molar-refractivity contribution >= 4 is 29.0 Å². The number of amides is 1. The lowest BCUT2D eigenvalue weighted by atomic mass is 10.1. The Balaban J connectivity index is 1.89. The number of nitrogens with one attached hydrogen (secondary N) is 1. The number of rotatable bonds is 4. The van der Waals surface area contributed by atoms with Gasteiger partial charge in [-0.05, 0) is 59.8 Å². The van der Waals surface area contributed by atoms with Gasteiger partial charge in [-0.15, -0.1) is 5.10 Å². The second-order valence-electron chi connectivity index (χ2n) is 5.00. The van der Waals surface area contributed by atoms with E-state index >= 15 is 0 Å². The van der Waals surface area contributed by atoms with Gasteiger partial charge in [0.15, 0.2) is 5.78 Å². The molecular weight excluding hydrogens is 330 g/mol. The number of hydrogen-bond acceptors (Lipinski definition) is 5. The molecule has 0 fully saturated rings. The topological polar surface area (TPSA) is 89.8 Å². The van der Waals surface area contributed by atoms with Gasteiger partial charge in [0.25, 0.3) is 5.91 Å². The van der Waals surface area contributed by atoms with Crippen molar-refractivity contribution in [1.82, 2.24) is 20.2 Å². The minimum atomic E-state index is -0.340. The minimum absolute atomic E-state index is 0.0356. The molecule has 0 aliphatic rings. The van der Waals surface area contributed by atoms with Gasteiger partial charge in [-0.2, -0.15) is 4.68 Å². The van der Waals surface area contributed by atoms with Gasteiger partial charge in [-0.1, -0.05) is 11.6 Å². The van der Waals surface area contributed by atoms with E-state index in [-0.39, 0.29) is 11.7 Å². The lowest BCUT2D eigenvalue weighted by Crippen LogP contribution is -2.15. The molecule has 0 aliphatic heterocycles. The van der Waals surface area contributed by atoms with E-state index in [0.29, 0.717) is 27.5 Å². The monoisotopic (exact) mass is 341 g/mol. The molecule has 0 radical (unpaired) electrons. The van der Waals surface area contributed by atoms with Crippen LogP contribution >= 0.6 is 11.6 Å². The SMILES string of the molecule is CC(=O)c1ccc(NC(=O)c2ccc(Cl)cc2-n2cnnn2)cc1. The molecule has 0 aliphatic carbocycles. The first-order valence-corrected chi connectivity index (χ1v) is 7.37. The van der Waals surface area contributed by atoms with Crippen LogP contribution in [0, 0.1) is 0 Å². The number of benzene rings is 2. The Labute approximate surface area is 142 Å². The summed E-state index contributed by atoms with van der Waals surface area (Å²) >= 11 is 6.00. The van der Waals surface area contributed by atoms with Crippen LogP contribution in [0.1, 0.15) is 27.6 Å². The predicted molar refractivity (Wildman–Crippen MR) is 88.6 cm³/mol. The Morgan fingerprint density at radius 2 is 1.88 bits per heavy atom. The molecule has 0 spiro atoms. The Bertz CT molecular complexity index is 891. The zero-order chi connectivity index (χ0) is 17.1. The number of hydrogen-bond donors (Lipinski definition) is 1. The summed E-state index contributed by atoms with van der Waals surface area (Å²) in [7, 11) is 0. The number of carbonyl (C=O) groups excluding carboxylic acids is 2. The molecule has 1 amide bonds. The van der Waals surface area contributed by atoms with Gasteiger partial charge in [-0.3, -0.25) is 9.59 Å². The Kier molecular flexibility index (Phi) is 4.35. The minimum Gasteiger partial charge on any atom is -0.322 e. The van der Waals surface area contributed by atoms with E-state index < -0.39 is 0 Å². The van der Waals surface area contributed by atoms with Gasteiger partial charge in [0, 0.05) is 16.3 Å². The van der Waals surface area contributed by atoms with Gasteiger partial charge >= 0.3 is 0 Å². The van der Waals surface area contributed by atoms with Crippen molar-refractivity contribution in [2.45, 2.75) is 6.92 Å². The highest BCUT2D eigenvalue weighted by Gasteiger charge is 2.15. The van der Waals surface area contributed by atoms with Crippen LogP contribution in [0.25, 0.3) is 5.69 Å². The summed E-state index contributed by atoms with van der Waals surface area (Å²) in [4.78, 5) is 23.8. The smallest absolute Gasteiger partial charge is 0.257 e. The third-order valence-electron chi connectivity index (χ3n) is 3.35. The maximum absolute atomic E-state index is 12.6. The third-order valence-corrected chi connectivity index (χ3v) is 3.58. The molecule has 7 nitrogen and oxygen atoms in total. The molecule has 3 rings (SSSR count). The lowest BCUT2D eigenvalue weighted by molar-refractivity contribution is 0.101. The normalized spacial score (nSPS) is 10.4. The van der Waals surface area contributed by atoms with Crippen LogP contribution in [0.4, 0.5) is 5.69 Å². The number of carbonyl (C=O) groups is 2. The molecule has 2 aromatic carbocycles. The largest absolute Gasteiger partial charge is 0.322 e. The van der Waals surface area contributed by atoms with E-state index in [4.69, 9.17) is 11.6 Å². The first-order valence-electron chi connectivity index (χ1n) is 7.00. The van der Waals surface area contributed by atoms with Crippen molar-refractivity contribution in [2.75, 3.05) is 5.32 Å². The fourth-order valence-electron chi connectivity index (χ4n) is 2.14. The number of nitrogens with zero attached hydrogens (tertiary/aromatic N) is 4. The zero-order valence-electron chi connectivity index (χ0n) is 12.6. The summed E-state index contributed by atoms with van der Waals surface area (Å²) < 4.78 is 1.36. The molecule has 120 valence electrons. The average Bonchev–Trinajstić information content (AvgIpc) is 3.09. The van der Waals surface area contributed by atoms with Crippen LogP contribution in [0.2, 0.25) is 5.02 Å². The van der Waals surface area contributed by atoms with Crippen LogP contribution in [-0.2, 0) is 0 Å². The molecule has 8 heteroatoms. The van der Waals surface area contributed by atoms with Crippen molar-refractivity contribution < 1.29 is 9.59 Å². The highest BCUT2D eigenvalue weighted by molar-refractivity contribution is 6.31. The van der Waals surface area contributed by atoms with Crippen molar-refractivity contribution in [2.24, 2.45) is 0 Å². The number of tetrazole rings is 1. The second kappa shape index (κ2) is 6.59. The maximum atomic E-state index is 12.6. The Morgan fingerprint density at radius 1 is 1.12 bits per heavy atom. The summed E-state index contributed by atoms with van der Waals surface area (Å²) in [6.45, 7) is 1.49. The fourth-order valence-corrected chi connectivity index (χ4v) is 2.31. The van der Waals surface area contributed by atoms with E-state index in [1.807, 2.05) is 0 Å². The quantitative estimate of drug-likeness (QED) is 0.737. The van der Waals surface area contributed by atoms with E-state index in [0.717, 1.165) is 0 Å². The van der Waals surface area contributed by atoms with Gasteiger partial charge in [-0.25, -0.2) is 0 Å². The van der Waals surface area contributed by atoms with Gasteiger partial charge < -0.3 is 5.32 Å². The fraction of sp³-hybridized carbons (Fsp3) is 0.0625. The molecule has 0 unspecified atom stereocenters. The molecule has 1 N–H and O–H groups in total. The summed E-state index contributed by atoms with van der Waals surface area (Å²) in [5, 5.41) is 14.1. The zero-order valence-corrected chi connectivity index (χ0v) is 13.4. The number of Topliss-reactive ketones (excluding diaryl/α,β-unsaturated/α-hetero) is 1. The van der Waals surface area contributed by atoms with Crippen LogP contribution in [0.5, 0.6) is 0 Å². The average molecular weight is 342 g/mol. The van der Waals surface area contributed by atoms with Crippen LogP contribution in [0.15, 0.2) is 48.8 Å². The Morgan fingerprint density at radius 3 is 2.50 bits per heavy atom. The van der Waals surface area contributed by atoms with E-state index in [1.165, 1.54) is 17.9 Å². The molecule has 0 saturated carbocycles. The summed E-state index contributed by atoms with van der Waals surface area (Å²) in [6.07, 6.45) is 1.38. The molecule has 0 saturated heterocycles. The first kappa shape index (κ1) is 15.8. The predicted octanol–water partition coefficient (Wildman–Crippen LogP) is 2.77. The molecule has 0 atom stereocenters. The molecule has 24 heavy (non-hydrogen) atoms. The molecular formula is C16H12ClN5O2. The highest BCUT2D eigenvalue weighted by atomic mass is 35.5. The van der Waals surface area contributed by atoms with Crippen molar-refractivity contribution in [3.8, 4) is 5.69 Å². The highest BCUT2D eigenvalue weighted by Crippen LogP contribution is 2.21. The van der Waals surface area contributed by atoms with Gasteiger partial charge in [0.2, 0.25) is 0 Å². The summed E-state index contributed by atoms with van der Waals surface area (Å²) in [6, 6.07) is 11.5. The second-order valence-corrected chi connectivity index (χ2v) is 5.44. The van der Waals surface area contributed by atoms with Crippen LogP contribution < -0.4 is 5.32 Å². The van der Waals surface area contributed by atoms with E-state index in [9.17, 15) is 9.59 Å². The number of halogens is 1. The number of anilines is 1. The van der Waals surface area contributed by atoms with Crippen molar-refractivity contribution in [3.05, 3.63) is 64.9 Å². The Hall–Kier alpha value is -3.06. The molecule has 1 heterocycles. The summed E-state index contributed by atoms with van der Waals surface area (Å²) in [5.74, 6) is -0.376. The maximum Gasteiger partial charge on any atom is 0.257 e. The van der Waals surface area contributed by atoms with Crippen LogP contribution in [-0.4, -0.2) is 31.9 Å². The van der Waals surface area contributed by atoms with Crippen molar-refractivity contribution in [1.29, 1.82) is 0 Å². The third kappa shape index (κ3) is 3.31. The standard InChI is InChI=1S/C16H12ClN5O2/c1-10(23)11-2-5-13(6-3-11)19-16(24)14-7-4-12(17)8-15(14)22-9-18-20-21-22/h2-9H,1H3,(H,19,24). The molecule has 1 aromatic heterocycles.